The number of amides is 1. The molecule has 0 radical (unpaired) electrons. The van der Waals surface area contributed by atoms with E-state index in [2.05, 4.69) is 0 Å². The van der Waals surface area contributed by atoms with Gasteiger partial charge in [0, 0.05) is 0 Å². The number of nitrogens with one attached hydrogen (secondary N) is 1. The van der Waals surface area contributed by atoms with Gasteiger partial charge in [0.05, 0.1) is 22.0 Å². The first-order valence-electron chi connectivity index (χ1n) is 7.72. The first-order valence-corrected chi connectivity index (χ1v) is 9.58. The molecule has 0 aliphatic heterocycles. The summed E-state index contributed by atoms with van der Waals surface area (Å²) in [6.45, 7) is -0.416. The summed E-state index contributed by atoms with van der Waals surface area (Å²) in [5, 5.41) is 0.450. The van der Waals surface area contributed by atoms with Gasteiger partial charge in [-0.3, -0.25) is 4.79 Å². The lowest BCUT2D eigenvalue weighted by Gasteiger charge is -2.09. The summed E-state index contributed by atoms with van der Waals surface area (Å²) in [6.07, 6.45) is 0. The third-order valence-electron chi connectivity index (χ3n) is 3.25. The van der Waals surface area contributed by atoms with E-state index in [4.69, 9.17) is 26.8 Å². The quantitative estimate of drug-likeness (QED) is 0.473. The van der Waals surface area contributed by atoms with Crippen molar-refractivity contribution in [1.82, 2.24) is 4.72 Å². The number of para-hydroxylation sites is 1. The Hall–Kier alpha value is -2.62. The van der Waals surface area contributed by atoms with Crippen molar-refractivity contribution in [2.75, 3.05) is 19.8 Å². The van der Waals surface area contributed by atoms with Crippen molar-refractivity contribution in [2.45, 2.75) is 4.90 Å². The average molecular weight is 413 g/mol. The first-order chi connectivity index (χ1) is 12.8. The lowest BCUT2D eigenvalue weighted by Crippen LogP contribution is -2.33. The molecule has 0 unspecified atom stereocenters. The number of ether oxygens (including phenoxy) is 2. The zero-order chi connectivity index (χ0) is 19.9. The fraction of sp³-hybridized carbons (Fsp3) is 0.176. The van der Waals surface area contributed by atoms with Crippen LogP contribution in [0.3, 0.4) is 0 Å². The van der Waals surface area contributed by atoms with Crippen LogP contribution in [0, 0.1) is 0 Å². The third-order valence-corrected chi connectivity index (χ3v) is 4.98. The minimum absolute atomic E-state index is 0.00965. The fourth-order valence-electron chi connectivity index (χ4n) is 1.95. The molecule has 2 aromatic carbocycles. The summed E-state index contributed by atoms with van der Waals surface area (Å²) < 4.78 is 36.4. The molecule has 0 saturated heterocycles. The van der Waals surface area contributed by atoms with Gasteiger partial charge in [0.1, 0.15) is 19.0 Å². The topological polar surface area (TPSA) is 125 Å². The molecule has 3 N–H and O–H groups in total. The van der Waals surface area contributed by atoms with Gasteiger partial charge in [-0.1, -0.05) is 23.7 Å². The van der Waals surface area contributed by atoms with E-state index in [0.717, 1.165) is 0 Å². The summed E-state index contributed by atoms with van der Waals surface area (Å²) in [5.41, 5.74) is 5.07. The number of hydrogen-bond acceptors (Lipinski definition) is 6. The maximum Gasteiger partial charge on any atom is 0.338 e. The van der Waals surface area contributed by atoms with E-state index >= 15 is 0 Å². The number of rotatable bonds is 9. The number of nitrogens with two attached hydrogens (primary N) is 1. The maximum atomic E-state index is 12.0. The second-order valence-electron chi connectivity index (χ2n) is 5.23. The molecule has 0 fully saturated rings. The van der Waals surface area contributed by atoms with E-state index < -0.39 is 28.4 Å². The minimum Gasteiger partial charge on any atom is -0.488 e. The highest BCUT2D eigenvalue weighted by molar-refractivity contribution is 7.89. The van der Waals surface area contributed by atoms with Crippen molar-refractivity contribution in [1.29, 1.82) is 0 Å². The van der Waals surface area contributed by atoms with E-state index in [-0.39, 0.29) is 23.7 Å². The number of halogens is 1. The zero-order valence-corrected chi connectivity index (χ0v) is 15.6. The van der Waals surface area contributed by atoms with Gasteiger partial charge in [-0.15, -0.1) is 0 Å². The van der Waals surface area contributed by atoms with Gasteiger partial charge in [-0.05, 0) is 36.4 Å². The SMILES string of the molecule is NC(=O)CNS(=O)(=O)c1ccc(C(=O)OCCOc2ccccc2Cl)cc1. The van der Waals surface area contributed by atoms with Crippen LogP contribution in [0.5, 0.6) is 5.75 Å². The summed E-state index contributed by atoms with van der Waals surface area (Å²) in [5.74, 6) is -0.960. The second kappa shape index (κ2) is 9.36. The summed E-state index contributed by atoms with van der Waals surface area (Å²) in [6, 6.07) is 11.9. The lowest BCUT2D eigenvalue weighted by atomic mass is 10.2. The molecule has 0 heterocycles. The van der Waals surface area contributed by atoms with Crippen LogP contribution >= 0.6 is 11.6 Å². The van der Waals surface area contributed by atoms with Gasteiger partial charge in [0.15, 0.2) is 0 Å². The first kappa shape index (κ1) is 20.7. The van der Waals surface area contributed by atoms with Crippen molar-refractivity contribution in [3.63, 3.8) is 0 Å². The third kappa shape index (κ3) is 6.24. The van der Waals surface area contributed by atoms with Crippen LogP contribution in [0.25, 0.3) is 0 Å². The fourth-order valence-corrected chi connectivity index (χ4v) is 3.13. The minimum atomic E-state index is -3.89. The van der Waals surface area contributed by atoms with Crippen molar-refractivity contribution >= 4 is 33.5 Å². The highest BCUT2D eigenvalue weighted by Crippen LogP contribution is 2.22. The van der Waals surface area contributed by atoms with Gasteiger partial charge < -0.3 is 15.2 Å². The van der Waals surface area contributed by atoms with Crippen molar-refractivity contribution in [3.05, 3.63) is 59.1 Å². The highest BCUT2D eigenvalue weighted by atomic mass is 35.5. The second-order valence-corrected chi connectivity index (χ2v) is 7.40. The number of esters is 1. The van der Waals surface area contributed by atoms with Gasteiger partial charge in [-0.25, -0.2) is 17.9 Å². The average Bonchev–Trinajstić information content (AvgIpc) is 2.65. The molecule has 0 aromatic heterocycles. The van der Waals surface area contributed by atoms with Crippen LogP contribution in [0.15, 0.2) is 53.4 Å². The van der Waals surface area contributed by atoms with Gasteiger partial charge >= 0.3 is 5.97 Å². The molecule has 0 spiro atoms. The molecular formula is C17H17ClN2O6S. The van der Waals surface area contributed by atoms with Crippen LogP contribution in [-0.4, -0.2) is 40.1 Å². The predicted molar refractivity (Wildman–Crippen MR) is 98.1 cm³/mol. The lowest BCUT2D eigenvalue weighted by molar-refractivity contribution is -0.116. The van der Waals surface area contributed by atoms with Gasteiger partial charge in [-0.2, -0.15) is 0 Å². The standard InChI is InChI=1S/C17H17ClN2O6S/c18-14-3-1-2-4-15(14)25-9-10-26-17(22)12-5-7-13(8-6-12)27(23,24)20-11-16(19)21/h1-8,20H,9-11H2,(H2,19,21). The summed E-state index contributed by atoms with van der Waals surface area (Å²) >= 11 is 5.94. The van der Waals surface area contributed by atoms with E-state index in [0.29, 0.717) is 10.8 Å². The van der Waals surface area contributed by atoms with Crippen LogP contribution in [0.2, 0.25) is 5.02 Å². The number of hydrogen-bond donors (Lipinski definition) is 2. The van der Waals surface area contributed by atoms with Gasteiger partial charge in [0.25, 0.3) is 0 Å². The zero-order valence-electron chi connectivity index (χ0n) is 14.1. The number of carbonyl (C=O) groups is 2. The van der Waals surface area contributed by atoms with E-state index in [1.54, 1.807) is 24.3 Å². The van der Waals surface area contributed by atoms with Crippen LogP contribution in [0.1, 0.15) is 10.4 Å². The molecule has 1 amide bonds. The molecule has 27 heavy (non-hydrogen) atoms. The molecule has 0 aliphatic carbocycles. The van der Waals surface area contributed by atoms with Crippen molar-refractivity contribution in [3.8, 4) is 5.75 Å². The van der Waals surface area contributed by atoms with Crippen molar-refractivity contribution < 1.29 is 27.5 Å². The number of carbonyl (C=O) groups excluding carboxylic acids is 2. The monoisotopic (exact) mass is 412 g/mol. The van der Waals surface area contributed by atoms with Crippen molar-refractivity contribution in [2.24, 2.45) is 5.73 Å². The highest BCUT2D eigenvalue weighted by Gasteiger charge is 2.16. The molecule has 144 valence electrons. The Morgan fingerprint density at radius 2 is 1.70 bits per heavy atom. The molecular weight excluding hydrogens is 396 g/mol. The number of sulfonamides is 1. The predicted octanol–water partition coefficient (Wildman–Crippen LogP) is 1.34. The largest absolute Gasteiger partial charge is 0.488 e. The Morgan fingerprint density at radius 3 is 2.33 bits per heavy atom. The number of primary amides is 1. The maximum absolute atomic E-state index is 12.0. The molecule has 10 heteroatoms. The van der Waals surface area contributed by atoms with Crippen LogP contribution in [-0.2, 0) is 19.6 Å². The van der Waals surface area contributed by atoms with Gasteiger partial charge in [0.2, 0.25) is 15.9 Å². The summed E-state index contributed by atoms with van der Waals surface area (Å²) in [4.78, 5) is 22.5. The van der Waals surface area contributed by atoms with E-state index in [1.165, 1.54) is 24.3 Å². The Morgan fingerprint density at radius 1 is 1.04 bits per heavy atom. The van der Waals surface area contributed by atoms with Crippen LogP contribution in [0.4, 0.5) is 0 Å². The molecule has 0 atom stereocenters. The molecule has 0 saturated carbocycles. The van der Waals surface area contributed by atoms with E-state index in [9.17, 15) is 18.0 Å². The normalized spacial score (nSPS) is 11.0. The molecule has 2 aromatic rings. The smallest absolute Gasteiger partial charge is 0.338 e. The molecule has 0 bridgehead atoms. The Labute approximate surface area is 161 Å². The molecule has 0 aliphatic rings. The van der Waals surface area contributed by atoms with E-state index in [1.807, 2.05) is 4.72 Å². The van der Waals surface area contributed by atoms with Crippen LogP contribution < -0.4 is 15.2 Å². The Kier molecular flexibility index (Phi) is 7.17. The number of benzene rings is 2. The molecule has 2 rings (SSSR count). The Bertz CT molecular complexity index is 915. The summed E-state index contributed by atoms with van der Waals surface area (Å²) in [7, 11) is -3.89. The molecule has 8 nitrogen and oxygen atoms in total. The Balaban J connectivity index is 1.86.